The van der Waals surface area contributed by atoms with E-state index in [1.807, 2.05) is 45.2 Å². The molecular formula is C14H16N4O2S2. The SMILES string of the molecule is CC(Sc1nnc(C(C)(C)C)o1)c1nnc(-c2cccs2)o1. The van der Waals surface area contributed by atoms with Crippen LogP contribution >= 0.6 is 23.1 Å². The quantitative estimate of drug-likeness (QED) is 0.656. The molecule has 0 bridgehead atoms. The minimum Gasteiger partial charge on any atom is -0.419 e. The van der Waals surface area contributed by atoms with E-state index in [4.69, 9.17) is 8.83 Å². The summed E-state index contributed by atoms with van der Waals surface area (Å²) in [5, 5.41) is 18.7. The first-order valence-electron chi connectivity index (χ1n) is 6.81. The topological polar surface area (TPSA) is 77.8 Å². The zero-order chi connectivity index (χ0) is 15.7. The molecule has 1 unspecified atom stereocenters. The van der Waals surface area contributed by atoms with Gasteiger partial charge < -0.3 is 8.83 Å². The van der Waals surface area contributed by atoms with E-state index in [1.54, 1.807) is 11.3 Å². The van der Waals surface area contributed by atoms with Gasteiger partial charge in [-0.2, -0.15) is 0 Å². The van der Waals surface area contributed by atoms with Crippen LogP contribution in [0, 0.1) is 0 Å². The van der Waals surface area contributed by atoms with Crippen molar-refractivity contribution in [3.05, 3.63) is 29.3 Å². The van der Waals surface area contributed by atoms with Gasteiger partial charge >= 0.3 is 0 Å². The minimum absolute atomic E-state index is 0.0607. The summed E-state index contributed by atoms with van der Waals surface area (Å²) in [5.41, 5.74) is -0.161. The summed E-state index contributed by atoms with van der Waals surface area (Å²) in [6.07, 6.45) is 0. The van der Waals surface area contributed by atoms with Crippen molar-refractivity contribution in [3.63, 3.8) is 0 Å². The summed E-state index contributed by atoms with van der Waals surface area (Å²) in [4.78, 5) is 0.962. The molecule has 8 heteroatoms. The van der Waals surface area contributed by atoms with Gasteiger partial charge in [0.2, 0.25) is 11.8 Å². The maximum atomic E-state index is 5.71. The number of thiophene rings is 1. The average Bonchev–Trinajstić information content (AvgIpc) is 3.18. The third-order valence-electron chi connectivity index (χ3n) is 2.85. The lowest BCUT2D eigenvalue weighted by atomic mass is 9.97. The number of aromatic nitrogens is 4. The van der Waals surface area contributed by atoms with E-state index in [0.717, 1.165) is 4.88 Å². The van der Waals surface area contributed by atoms with Crippen LogP contribution in [-0.4, -0.2) is 20.4 Å². The monoisotopic (exact) mass is 336 g/mol. The molecule has 0 aliphatic carbocycles. The van der Waals surface area contributed by atoms with E-state index >= 15 is 0 Å². The largest absolute Gasteiger partial charge is 0.419 e. The second-order valence-corrected chi connectivity index (χ2v) is 8.05. The maximum Gasteiger partial charge on any atom is 0.277 e. The smallest absolute Gasteiger partial charge is 0.277 e. The Morgan fingerprint density at radius 1 is 1.14 bits per heavy atom. The summed E-state index contributed by atoms with van der Waals surface area (Å²) >= 11 is 2.98. The second-order valence-electron chi connectivity index (χ2n) is 5.81. The van der Waals surface area contributed by atoms with Gasteiger partial charge in [-0.15, -0.1) is 31.7 Å². The molecule has 0 aliphatic rings. The Labute approximate surface area is 136 Å². The molecule has 0 saturated carbocycles. The standard InChI is InChI=1S/C14H16N4O2S2/c1-8(22-13-18-17-12(20-13)14(2,3)4)10-15-16-11(19-10)9-6-5-7-21-9/h5-8H,1-4H3. The molecule has 1 atom stereocenters. The Hall–Kier alpha value is -1.67. The Morgan fingerprint density at radius 3 is 2.59 bits per heavy atom. The first kappa shape index (κ1) is 15.2. The van der Waals surface area contributed by atoms with E-state index in [2.05, 4.69) is 20.4 Å². The van der Waals surface area contributed by atoms with Crippen LogP contribution in [-0.2, 0) is 5.41 Å². The number of hydrogen-bond donors (Lipinski definition) is 0. The zero-order valence-electron chi connectivity index (χ0n) is 12.7. The minimum atomic E-state index is -0.161. The van der Waals surface area contributed by atoms with Crippen molar-refractivity contribution in [2.75, 3.05) is 0 Å². The highest BCUT2D eigenvalue weighted by Gasteiger charge is 2.24. The van der Waals surface area contributed by atoms with Crippen molar-refractivity contribution in [3.8, 4) is 10.8 Å². The predicted molar refractivity (Wildman–Crippen MR) is 84.9 cm³/mol. The third kappa shape index (κ3) is 3.22. The summed E-state index contributed by atoms with van der Waals surface area (Å²) in [6, 6.07) is 3.90. The van der Waals surface area contributed by atoms with Crippen molar-refractivity contribution in [1.82, 2.24) is 20.4 Å². The van der Waals surface area contributed by atoms with Gasteiger partial charge in [0.1, 0.15) is 0 Å². The fraction of sp³-hybridized carbons (Fsp3) is 0.429. The molecule has 0 spiro atoms. The lowest BCUT2D eigenvalue weighted by molar-refractivity contribution is 0.346. The highest BCUT2D eigenvalue weighted by molar-refractivity contribution is 7.99. The third-order valence-corrected chi connectivity index (χ3v) is 4.63. The molecule has 3 aromatic heterocycles. The van der Waals surface area contributed by atoms with Crippen LogP contribution in [0.4, 0.5) is 0 Å². The number of thioether (sulfide) groups is 1. The maximum absolute atomic E-state index is 5.71. The molecule has 0 aromatic carbocycles. The fourth-order valence-corrected chi connectivity index (χ4v) is 3.02. The van der Waals surface area contributed by atoms with Crippen LogP contribution in [0.25, 0.3) is 10.8 Å². The fourth-order valence-electron chi connectivity index (χ4n) is 1.66. The highest BCUT2D eigenvalue weighted by Crippen LogP contribution is 2.36. The van der Waals surface area contributed by atoms with E-state index in [9.17, 15) is 0 Å². The number of rotatable bonds is 4. The molecule has 0 radical (unpaired) electrons. The van der Waals surface area contributed by atoms with E-state index < -0.39 is 0 Å². The van der Waals surface area contributed by atoms with Gasteiger partial charge in [0.15, 0.2) is 0 Å². The lowest BCUT2D eigenvalue weighted by Gasteiger charge is -2.11. The summed E-state index contributed by atoms with van der Waals surface area (Å²) in [7, 11) is 0. The predicted octanol–water partition coefficient (Wildman–Crippen LogP) is 4.33. The van der Waals surface area contributed by atoms with Crippen molar-refractivity contribution in [2.45, 2.75) is 43.6 Å². The molecule has 116 valence electrons. The van der Waals surface area contributed by atoms with Crippen LogP contribution in [0.5, 0.6) is 0 Å². The molecule has 0 fully saturated rings. The van der Waals surface area contributed by atoms with Crippen LogP contribution in [0.1, 0.15) is 44.7 Å². The molecule has 3 rings (SSSR count). The van der Waals surface area contributed by atoms with Gasteiger partial charge in [-0.1, -0.05) is 38.6 Å². The van der Waals surface area contributed by atoms with Crippen molar-refractivity contribution in [1.29, 1.82) is 0 Å². The molecule has 0 aliphatic heterocycles. The van der Waals surface area contributed by atoms with Crippen LogP contribution in [0.2, 0.25) is 0 Å². The Morgan fingerprint density at radius 2 is 1.95 bits per heavy atom. The molecule has 6 nitrogen and oxygen atoms in total. The van der Waals surface area contributed by atoms with E-state index in [0.29, 0.717) is 22.9 Å². The first-order chi connectivity index (χ1) is 10.4. The number of nitrogens with zero attached hydrogens (tertiary/aromatic N) is 4. The number of hydrogen-bond acceptors (Lipinski definition) is 8. The molecule has 0 saturated heterocycles. The van der Waals surface area contributed by atoms with Crippen LogP contribution in [0.15, 0.2) is 31.6 Å². The van der Waals surface area contributed by atoms with Gasteiger partial charge in [-0.3, -0.25) is 0 Å². The van der Waals surface area contributed by atoms with Gasteiger partial charge in [-0.25, -0.2) is 0 Å². The van der Waals surface area contributed by atoms with E-state index in [-0.39, 0.29) is 10.7 Å². The van der Waals surface area contributed by atoms with E-state index in [1.165, 1.54) is 11.8 Å². The van der Waals surface area contributed by atoms with Crippen molar-refractivity contribution in [2.24, 2.45) is 0 Å². The normalized spacial score (nSPS) is 13.5. The molecule has 3 heterocycles. The highest BCUT2D eigenvalue weighted by atomic mass is 32.2. The lowest BCUT2D eigenvalue weighted by Crippen LogP contribution is -2.11. The first-order valence-corrected chi connectivity index (χ1v) is 8.57. The van der Waals surface area contributed by atoms with Gasteiger partial charge in [-0.05, 0) is 18.4 Å². The molecule has 3 aromatic rings. The Balaban J connectivity index is 1.72. The van der Waals surface area contributed by atoms with Crippen molar-refractivity contribution >= 4 is 23.1 Å². The Kier molecular flexibility index (Phi) is 4.05. The van der Waals surface area contributed by atoms with Crippen LogP contribution < -0.4 is 0 Å². The van der Waals surface area contributed by atoms with Crippen LogP contribution in [0.3, 0.4) is 0 Å². The molecule has 0 N–H and O–H groups in total. The van der Waals surface area contributed by atoms with Gasteiger partial charge in [0, 0.05) is 5.41 Å². The second kappa shape index (κ2) is 5.85. The average molecular weight is 336 g/mol. The Bertz CT molecular complexity index is 743. The zero-order valence-corrected chi connectivity index (χ0v) is 14.4. The van der Waals surface area contributed by atoms with Gasteiger partial charge in [0.25, 0.3) is 11.1 Å². The summed E-state index contributed by atoms with van der Waals surface area (Å²) in [5.74, 6) is 1.70. The summed E-state index contributed by atoms with van der Waals surface area (Å²) < 4.78 is 11.4. The van der Waals surface area contributed by atoms with Gasteiger partial charge in [0.05, 0.1) is 10.1 Å². The summed E-state index contributed by atoms with van der Waals surface area (Å²) in [6.45, 7) is 8.06. The molecule has 22 heavy (non-hydrogen) atoms. The molecule has 0 amide bonds. The van der Waals surface area contributed by atoms with Crippen molar-refractivity contribution < 1.29 is 8.83 Å². The molecular weight excluding hydrogens is 320 g/mol.